The number of hydrogen-bond acceptors (Lipinski definition) is 5. The van der Waals surface area contributed by atoms with Crippen molar-refractivity contribution in [2.45, 2.75) is 33.0 Å². The molecule has 0 aliphatic carbocycles. The number of aliphatic hydroxyl groups excluding tert-OH is 1. The quantitative estimate of drug-likeness (QED) is 0.876. The Morgan fingerprint density at radius 2 is 2.05 bits per heavy atom. The highest BCUT2D eigenvalue weighted by molar-refractivity contribution is 7.15. The van der Waals surface area contributed by atoms with Gasteiger partial charge in [-0.2, -0.15) is 5.10 Å². The Morgan fingerprint density at radius 1 is 1.32 bits per heavy atom. The molecular weight excluding hydrogens is 302 g/mol. The van der Waals surface area contributed by atoms with Gasteiger partial charge >= 0.3 is 0 Å². The van der Waals surface area contributed by atoms with Gasteiger partial charge in [0.15, 0.2) is 5.78 Å². The average Bonchev–Trinajstić information content (AvgIpc) is 3.12. The van der Waals surface area contributed by atoms with Gasteiger partial charge in [-0.15, -0.1) is 11.3 Å². The molecule has 0 radical (unpaired) electrons. The Morgan fingerprint density at radius 3 is 2.68 bits per heavy atom. The number of Topliss-reactive ketones (excluding diaryl/α,β-unsaturated/α-hetero) is 1. The van der Waals surface area contributed by atoms with Gasteiger partial charge in [-0.3, -0.25) is 14.3 Å². The van der Waals surface area contributed by atoms with E-state index >= 15 is 0 Å². The fraction of sp³-hybridized carbons (Fsp3) is 0.400. The molecule has 7 heteroatoms. The van der Waals surface area contributed by atoms with Crippen LogP contribution in [0, 0.1) is 0 Å². The van der Waals surface area contributed by atoms with E-state index in [0.717, 1.165) is 5.69 Å². The van der Waals surface area contributed by atoms with Crippen LogP contribution in [-0.2, 0) is 13.1 Å². The number of carbonyl (C=O) groups is 2. The SMILES string of the molecule is CC(=O)c1ccc(C(=O)N2CCn3nc([C@@H](C)O)cc3C2)s1. The van der Waals surface area contributed by atoms with Gasteiger partial charge in [0.25, 0.3) is 5.91 Å². The first kappa shape index (κ1) is 14.9. The number of hydrogen-bond donors (Lipinski definition) is 1. The van der Waals surface area contributed by atoms with Crippen LogP contribution in [0.2, 0.25) is 0 Å². The zero-order valence-electron chi connectivity index (χ0n) is 12.4. The number of nitrogens with zero attached hydrogens (tertiary/aromatic N) is 3. The Labute approximate surface area is 132 Å². The van der Waals surface area contributed by atoms with Crippen LogP contribution in [0.25, 0.3) is 0 Å². The van der Waals surface area contributed by atoms with Crippen LogP contribution in [-0.4, -0.2) is 38.0 Å². The monoisotopic (exact) mass is 319 g/mol. The first-order valence-electron chi connectivity index (χ1n) is 7.10. The number of carbonyl (C=O) groups excluding carboxylic acids is 2. The number of fused-ring (bicyclic) bond motifs is 1. The molecule has 1 aliphatic heterocycles. The van der Waals surface area contributed by atoms with E-state index in [1.807, 2.05) is 10.7 Å². The third-order valence-electron chi connectivity index (χ3n) is 3.70. The third kappa shape index (κ3) is 2.69. The Hall–Kier alpha value is -1.99. The normalized spacial score (nSPS) is 15.5. The van der Waals surface area contributed by atoms with Crippen LogP contribution in [0.5, 0.6) is 0 Å². The van der Waals surface area contributed by atoms with Gasteiger partial charge in [-0.05, 0) is 32.0 Å². The summed E-state index contributed by atoms with van der Waals surface area (Å²) in [5, 5.41) is 13.9. The summed E-state index contributed by atoms with van der Waals surface area (Å²) in [5.41, 5.74) is 1.54. The molecule has 1 atom stereocenters. The Bertz CT molecular complexity index is 732. The maximum atomic E-state index is 12.5. The lowest BCUT2D eigenvalue weighted by Gasteiger charge is -2.27. The first-order valence-corrected chi connectivity index (χ1v) is 7.92. The second kappa shape index (κ2) is 5.66. The molecule has 3 rings (SSSR count). The second-order valence-corrected chi connectivity index (χ2v) is 6.49. The molecule has 0 aromatic carbocycles. The molecule has 2 aromatic heterocycles. The van der Waals surface area contributed by atoms with Gasteiger partial charge in [-0.1, -0.05) is 0 Å². The molecule has 0 saturated carbocycles. The molecule has 3 heterocycles. The molecule has 2 aromatic rings. The standard InChI is InChI=1S/C15H17N3O3S/c1-9(19)12-7-11-8-17(5-6-18(11)16-12)15(21)14-4-3-13(22-14)10(2)20/h3-4,7,9,19H,5-6,8H2,1-2H3/t9-/m1/s1. The van der Waals surface area contributed by atoms with Crippen LogP contribution in [0.3, 0.4) is 0 Å². The fourth-order valence-electron chi connectivity index (χ4n) is 2.46. The van der Waals surface area contributed by atoms with Crippen molar-refractivity contribution in [3.05, 3.63) is 39.3 Å². The number of ketones is 1. The summed E-state index contributed by atoms with van der Waals surface area (Å²) in [5.74, 6) is -0.0918. The van der Waals surface area contributed by atoms with Crippen molar-refractivity contribution in [2.75, 3.05) is 6.54 Å². The van der Waals surface area contributed by atoms with E-state index in [0.29, 0.717) is 35.1 Å². The van der Waals surface area contributed by atoms with Crippen LogP contribution in [0.15, 0.2) is 18.2 Å². The number of amides is 1. The van der Waals surface area contributed by atoms with Gasteiger partial charge < -0.3 is 10.0 Å². The molecular formula is C15H17N3O3S. The predicted molar refractivity (Wildman–Crippen MR) is 81.9 cm³/mol. The lowest BCUT2D eigenvalue weighted by atomic mass is 10.2. The number of aliphatic hydroxyl groups is 1. The molecule has 116 valence electrons. The van der Waals surface area contributed by atoms with E-state index in [-0.39, 0.29) is 11.7 Å². The molecule has 0 unspecified atom stereocenters. The van der Waals surface area contributed by atoms with Crippen LogP contribution >= 0.6 is 11.3 Å². The van der Waals surface area contributed by atoms with Crippen molar-refractivity contribution in [1.82, 2.24) is 14.7 Å². The maximum Gasteiger partial charge on any atom is 0.264 e. The van der Waals surface area contributed by atoms with Gasteiger partial charge in [0.05, 0.1) is 40.3 Å². The van der Waals surface area contributed by atoms with Crippen molar-refractivity contribution in [3.8, 4) is 0 Å². The van der Waals surface area contributed by atoms with E-state index in [9.17, 15) is 14.7 Å². The zero-order chi connectivity index (χ0) is 15.9. The largest absolute Gasteiger partial charge is 0.387 e. The third-order valence-corrected chi connectivity index (χ3v) is 4.87. The first-order chi connectivity index (χ1) is 10.5. The highest BCUT2D eigenvalue weighted by atomic mass is 32.1. The van der Waals surface area contributed by atoms with E-state index < -0.39 is 6.10 Å². The van der Waals surface area contributed by atoms with Crippen LogP contribution in [0.4, 0.5) is 0 Å². The van der Waals surface area contributed by atoms with Crippen molar-refractivity contribution >= 4 is 23.0 Å². The highest BCUT2D eigenvalue weighted by Crippen LogP contribution is 2.23. The maximum absolute atomic E-state index is 12.5. The highest BCUT2D eigenvalue weighted by Gasteiger charge is 2.25. The lowest BCUT2D eigenvalue weighted by molar-refractivity contribution is 0.0710. The molecule has 1 aliphatic rings. The predicted octanol–water partition coefficient (Wildman–Crippen LogP) is 1.86. The lowest BCUT2D eigenvalue weighted by Crippen LogP contribution is -2.38. The molecule has 1 N–H and O–H groups in total. The summed E-state index contributed by atoms with van der Waals surface area (Å²) >= 11 is 1.23. The number of rotatable bonds is 3. The van der Waals surface area contributed by atoms with Crippen molar-refractivity contribution < 1.29 is 14.7 Å². The Kier molecular flexibility index (Phi) is 3.84. The molecule has 0 bridgehead atoms. The van der Waals surface area contributed by atoms with E-state index in [1.165, 1.54) is 18.3 Å². The van der Waals surface area contributed by atoms with Crippen LogP contribution in [0.1, 0.15) is 50.7 Å². The van der Waals surface area contributed by atoms with Gasteiger partial charge in [0, 0.05) is 6.54 Å². The minimum absolute atomic E-state index is 0.0256. The smallest absolute Gasteiger partial charge is 0.264 e. The topological polar surface area (TPSA) is 75.4 Å². The second-order valence-electron chi connectivity index (χ2n) is 5.41. The van der Waals surface area contributed by atoms with Gasteiger partial charge in [0.2, 0.25) is 0 Å². The molecule has 1 amide bonds. The molecule has 22 heavy (non-hydrogen) atoms. The minimum Gasteiger partial charge on any atom is -0.387 e. The molecule has 0 saturated heterocycles. The summed E-state index contributed by atoms with van der Waals surface area (Å²) in [6.45, 7) is 4.81. The zero-order valence-corrected chi connectivity index (χ0v) is 13.3. The van der Waals surface area contributed by atoms with Crippen LogP contribution < -0.4 is 0 Å². The van der Waals surface area contributed by atoms with E-state index in [1.54, 1.807) is 24.0 Å². The van der Waals surface area contributed by atoms with Crippen molar-refractivity contribution in [1.29, 1.82) is 0 Å². The van der Waals surface area contributed by atoms with Crippen molar-refractivity contribution in [3.63, 3.8) is 0 Å². The molecule has 0 fully saturated rings. The molecule has 0 spiro atoms. The molecule has 6 nitrogen and oxygen atoms in total. The van der Waals surface area contributed by atoms with E-state index in [2.05, 4.69) is 5.10 Å². The summed E-state index contributed by atoms with van der Waals surface area (Å²) in [7, 11) is 0. The summed E-state index contributed by atoms with van der Waals surface area (Å²) < 4.78 is 1.83. The van der Waals surface area contributed by atoms with Gasteiger partial charge in [0.1, 0.15) is 0 Å². The average molecular weight is 319 g/mol. The summed E-state index contributed by atoms with van der Waals surface area (Å²) in [4.78, 5) is 26.8. The number of thiophene rings is 1. The number of aromatic nitrogens is 2. The van der Waals surface area contributed by atoms with E-state index in [4.69, 9.17) is 0 Å². The summed E-state index contributed by atoms with van der Waals surface area (Å²) in [6.07, 6.45) is -0.613. The Balaban J connectivity index is 1.78. The summed E-state index contributed by atoms with van der Waals surface area (Å²) in [6, 6.07) is 5.23. The van der Waals surface area contributed by atoms with Crippen molar-refractivity contribution in [2.24, 2.45) is 0 Å². The minimum atomic E-state index is -0.613. The fourth-order valence-corrected chi connectivity index (χ4v) is 3.33. The van der Waals surface area contributed by atoms with Gasteiger partial charge in [-0.25, -0.2) is 0 Å².